The van der Waals surface area contributed by atoms with Gasteiger partial charge in [0.25, 0.3) is 0 Å². The number of para-hydroxylation sites is 3. The van der Waals surface area contributed by atoms with Gasteiger partial charge in [0.15, 0.2) is 0 Å². The van der Waals surface area contributed by atoms with Gasteiger partial charge < -0.3 is 9.47 Å². The van der Waals surface area contributed by atoms with Crippen LogP contribution < -0.4 is 4.90 Å². The number of nitrogens with zero attached hydrogens (tertiary/aromatic N) is 2. The first-order valence-corrected chi connectivity index (χ1v) is 23.8. The van der Waals surface area contributed by atoms with Crippen LogP contribution in [0.3, 0.4) is 0 Å². The molecule has 2 heteroatoms. The monoisotopic (exact) mass is 816 g/mol. The molecular formula is C61H56N2. The summed E-state index contributed by atoms with van der Waals surface area (Å²) in [6.45, 7) is 4.83. The molecule has 0 unspecified atom stereocenters. The molecule has 310 valence electrons. The number of hydrogen-bond acceptors (Lipinski definition) is 1. The van der Waals surface area contributed by atoms with Crippen molar-refractivity contribution in [2.45, 2.75) is 95.3 Å². The average molecular weight is 817 g/mol. The maximum Gasteiger partial charge on any atom is 0.0620 e. The highest BCUT2D eigenvalue weighted by atomic mass is 15.1. The fourth-order valence-electron chi connectivity index (χ4n) is 12.3. The lowest BCUT2D eigenvalue weighted by atomic mass is 9.80. The lowest BCUT2D eigenvalue weighted by molar-refractivity contribution is 0.443. The van der Waals surface area contributed by atoms with Crippen molar-refractivity contribution in [1.82, 2.24) is 4.57 Å². The number of rotatable bonds is 7. The van der Waals surface area contributed by atoms with Gasteiger partial charge in [-0.15, -0.1) is 0 Å². The molecule has 0 amide bonds. The zero-order chi connectivity index (χ0) is 42.1. The molecule has 63 heavy (non-hydrogen) atoms. The van der Waals surface area contributed by atoms with E-state index in [0.717, 1.165) is 0 Å². The molecule has 8 aromatic carbocycles. The smallest absolute Gasteiger partial charge is 0.0620 e. The highest BCUT2D eigenvalue weighted by Crippen LogP contribution is 2.54. The standard InChI is InChI=1S/C61H56N2/c1-61(2)55-31-16-14-26-48(55)49-38-37-46(39-56(49)61)62(45-35-33-42(34-36-45)41-19-6-3-7-20-41)58-40-54(43-21-8-4-9-22-43)47-25-12-13-28-51(47)59(58)53-30-18-29-52-50-27-15-17-32-57(50)63(60(52)53)44-23-10-5-11-24-44/h5,10-18,23-41,43H,3-4,6-9,19-22H2,1-2H3. The van der Waals surface area contributed by atoms with E-state index in [9.17, 15) is 0 Å². The summed E-state index contributed by atoms with van der Waals surface area (Å²) in [7, 11) is 0. The van der Waals surface area contributed by atoms with Gasteiger partial charge in [-0.1, -0.05) is 174 Å². The molecule has 2 fully saturated rings. The zero-order valence-electron chi connectivity index (χ0n) is 36.8. The molecule has 0 saturated heterocycles. The van der Waals surface area contributed by atoms with Crippen LogP contribution in [0.5, 0.6) is 0 Å². The van der Waals surface area contributed by atoms with Gasteiger partial charge >= 0.3 is 0 Å². The van der Waals surface area contributed by atoms with Gasteiger partial charge in [-0.25, -0.2) is 0 Å². The van der Waals surface area contributed by atoms with Crippen LogP contribution in [0.15, 0.2) is 170 Å². The van der Waals surface area contributed by atoms with Crippen molar-refractivity contribution in [2.24, 2.45) is 0 Å². The second kappa shape index (κ2) is 15.5. The van der Waals surface area contributed by atoms with Crippen LogP contribution in [0, 0.1) is 0 Å². The Kier molecular flexibility index (Phi) is 9.40. The van der Waals surface area contributed by atoms with Crippen LogP contribution in [0.4, 0.5) is 17.1 Å². The molecule has 0 atom stereocenters. The molecule has 0 radical (unpaired) electrons. The second-order valence-corrected chi connectivity index (χ2v) is 19.3. The molecule has 1 aromatic heterocycles. The third-order valence-electron chi connectivity index (χ3n) is 15.4. The summed E-state index contributed by atoms with van der Waals surface area (Å²) in [5, 5.41) is 5.27. The van der Waals surface area contributed by atoms with Gasteiger partial charge in [-0.2, -0.15) is 0 Å². The van der Waals surface area contributed by atoms with E-state index in [1.54, 1.807) is 0 Å². The summed E-state index contributed by atoms with van der Waals surface area (Å²) in [5.74, 6) is 1.17. The maximum atomic E-state index is 2.65. The lowest BCUT2D eigenvalue weighted by Gasteiger charge is -2.33. The number of benzene rings is 8. The predicted octanol–water partition coefficient (Wildman–Crippen LogP) is 17.5. The Balaban J connectivity index is 1.18. The summed E-state index contributed by atoms with van der Waals surface area (Å²) in [5.41, 5.74) is 18.3. The zero-order valence-corrected chi connectivity index (χ0v) is 36.8. The van der Waals surface area contributed by atoms with Crippen LogP contribution >= 0.6 is 0 Å². The fraction of sp³-hybridized carbons (Fsp3) is 0.246. The molecule has 1 heterocycles. The third kappa shape index (κ3) is 6.28. The first-order valence-electron chi connectivity index (χ1n) is 23.8. The molecule has 2 nitrogen and oxygen atoms in total. The summed E-state index contributed by atoms with van der Waals surface area (Å²) in [6.07, 6.45) is 13.0. The van der Waals surface area contributed by atoms with E-state index in [2.05, 4.69) is 193 Å². The van der Waals surface area contributed by atoms with E-state index in [-0.39, 0.29) is 5.41 Å². The van der Waals surface area contributed by atoms with E-state index in [0.29, 0.717) is 11.8 Å². The van der Waals surface area contributed by atoms with E-state index >= 15 is 0 Å². The summed E-state index contributed by atoms with van der Waals surface area (Å²) >= 11 is 0. The van der Waals surface area contributed by atoms with Crippen LogP contribution in [-0.4, -0.2) is 4.57 Å². The maximum absolute atomic E-state index is 2.65. The summed E-state index contributed by atoms with van der Waals surface area (Å²) in [4.78, 5) is 2.65. The van der Waals surface area contributed by atoms with Crippen molar-refractivity contribution in [1.29, 1.82) is 0 Å². The number of hydrogen-bond donors (Lipinski definition) is 0. The van der Waals surface area contributed by atoms with Crippen LogP contribution in [0.25, 0.3) is 60.5 Å². The largest absolute Gasteiger partial charge is 0.310 e. The number of anilines is 3. The molecule has 0 bridgehead atoms. The van der Waals surface area contributed by atoms with Crippen molar-refractivity contribution < 1.29 is 0 Å². The quantitative estimate of drug-likeness (QED) is 0.156. The average Bonchev–Trinajstić information content (AvgIpc) is 3.81. The van der Waals surface area contributed by atoms with Crippen LogP contribution in [-0.2, 0) is 5.41 Å². The third-order valence-corrected chi connectivity index (χ3v) is 15.4. The fourth-order valence-corrected chi connectivity index (χ4v) is 12.3. The molecule has 0 spiro atoms. The summed E-state index contributed by atoms with van der Waals surface area (Å²) < 4.78 is 2.52. The molecule has 2 saturated carbocycles. The minimum atomic E-state index is -0.125. The van der Waals surface area contributed by atoms with Gasteiger partial charge in [0.05, 0.1) is 16.7 Å². The Bertz CT molecular complexity index is 3150. The van der Waals surface area contributed by atoms with E-state index in [4.69, 9.17) is 0 Å². The topological polar surface area (TPSA) is 8.17 Å². The number of fused-ring (bicyclic) bond motifs is 7. The van der Waals surface area contributed by atoms with Gasteiger partial charge in [-0.3, -0.25) is 0 Å². The Morgan fingerprint density at radius 2 is 1.06 bits per heavy atom. The molecule has 3 aliphatic rings. The molecule has 3 aliphatic carbocycles. The number of aromatic nitrogens is 1. The first-order chi connectivity index (χ1) is 31.0. The van der Waals surface area contributed by atoms with Gasteiger partial charge in [0, 0.05) is 44.4 Å². The SMILES string of the molecule is CC1(C)c2ccccc2-c2ccc(N(c3ccc(C4CCCCC4)cc3)c3cc(C4CCCCC4)c4ccccc4c3-c3cccc4c5ccccc5n(-c5ccccc5)c34)cc21. The van der Waals surface area contributed by atoms with Crippen LogP contribution in [0.1, 0.15) is 112 Å². The van der Waals surface area contributed by atoms with Gasteiger partial charge in [0.2, 0.25) is 0 Å². The van der Waals surface area contributed by atoms with Gasteiger partial charge in [-0.05, 0) is 130 Å². The minimum absolute atomic E-state index is 0.125. The van der Waals surface area contributed by atoms with Crippen molar-refractivity contribution in [3.05, 3.63) is 192 Å². The van der Waals surface area contributed by atoms with Crippen molar-refractivity contribution in [3.8, 4) is 27.9 Å². The second-order valence-electron chi connectivity index (χ2n) is 19.3. The molecule has 12 rings (SSSR count). The summed E-state index contributed by atoms with van der Waals surface area (Å²) in [6, 6.07) is 65.2. The molecule has 9 aromatic rings. The van der Waals surface area contributed by atoms with Crippen molar-refractivity contribution in [2.75, 3.05) is 4.90 Å². The molecule has 0 aliphatic heterocycles. The van der Waals surface area contributed by atoms with Crippen LogP contribution in [0.2, 0.25) is 0 Å². The van der Waals surface area contributed by atoms with E-state index in [1.165, 1.54) is 164 Å². The highest BCUT2D eigenvalue weighted by molar-refractivity contribution is 6.18. The van der Waals surface area contributed by atoms with Gasteiger partial charge in [0.1, 0.15) is 0 Å². The first kappa shape index (κ1) is 38.3. The van der Waals surface area contributed by atoms with E-state index < -0.39 is 0 Å². The Morgan fingerprint density at radius 1 is 0.460 bits per heavy atom. The van der Waals surface area contributed by atoms with E-state index in [1.807, 2.05) is 0 Å². The minimum Gasteiger partial charge on any atom is -0.310 e. The Labute approximate surface area is 372 Å². The normalized spacial score (nSPS) is 16.4. The van der Waals surface area contributed by atoms with Crippen molar-refractivity contribution in [3.63, 3.8) is 0 Å². The molecular weight excluding hydrogens is 761 g/mol. The lowest BCUT2D eigenvalue weighted by Crippen LogP contribution is -2.17. The predicted molar refractivity (Wildman–Crippen MR) is 268 cm³/mol. The highest BCUT2D eigenvalue weighted by Gasteiger charge is 2.36. The Morgan fingerprint density at radius 3 is 1.84 bits per heavy atom. The van der Waals surface area contributed by atoms with Crippen molar-refractivity contribution >= 4 is 49.6 Å². The Hall–Kier alpha value is -6.38. The molecule has 0 N–H and O–H groups in total.